The lowest BCUT2D eigenvalue weighted by molar-refractivity contribution is 1.14. The van der Waals surface area contributed by atoms with Crippen molar-refractivity contribution in [2.75, 3.05) is 0 Å². The molecule has 0 fully saturated rings. The Bertz CT molecular complexity index is 484. The minimum absolute atomic E-state index is 0.630. The number of para-hydroxylation sites is 1. The highest BCUT2D eigenvalue weighted by atomic mass is 14.9. The Hall–Kier alpha value is -2.03. The van der Waals surface area contributed by atoms with Gasteiger partial charge in [-0.25, -0.2) is 9.97 Å². The molecule has 0 bridgehead atoms. The fourth-order valence-electron chi connectivity index (χ4n) is 1.51. The Morgan fingerprint density at radius 3 is 2.25 bits per heavy atom. The molecule has 0 aliphatic carbocycles. The summed E-state index contributed by atoms with van der Waals surface area (Å²) in [5.74, 6) is 0.630. The molecular formula is C13H13N3. The number of aryl methyl sites for hydroxylation is 2. The molecule has 2 aromatic rings. The minimum Gasteiger partial charge on any atom is -0.252 e. The topological polar surface area (TPSA) is 38.1 Å². The van der Waals surface area contributed by atoms with E-state index in [4.69, 9.17) is 0 Å². The Balaban J connectivity index is 2.31. The number of aliphatic imine (C=N–C) groups is 1. The van der Waals surface area contributed by atoms with Crippen LogP contribution in [-0.2, 0) is 0 Å². The SMILES string of the molecule is Cc1cccc(C)c1N=Cc1ncccn1. The minimum atomic E-state index is 0.630. The highest BCUT2D eigenvalue weighted by Gasteiger charge is 1.98. The lowest BCUT2D eigenvalue weighted by Crippen LogP contribution is -1.90. The van der Waals surface area contributed by atoms with Crippen molar-refractivity contribution in [3.63, 3.8) is 0 Å². The summed E-state index contributed by atoms with van der Waals surface area (Å²) in [5, 5.41) is 0. The van der Waals surface area contributed by atoms with Gasteiger partial charge in [-0.15, -0.1) is 0 Å². The zero-order valence-electron chi connectivity index (χ0n) is 9.38. The van der Waals surface area contributed by atoms with E-state index in [0.717, 1.165) is 16.8 Å². The first kappa shape index (κ1) is 10.5. The molecule has 1 heterocycles. The maximum atomic E-state index is 4.43. The van der Waals surface area contributed by atoms with Crippen molar-refractivity contribution >= 4 is 11.9 Å². The van der Waals surface area contributed by atoms with Crippen LogP contribution < -0.4 is 0 Å². The molecule has 0 atom stereocenters. The van der Waals surface area contributed by atoms with Crippen LogP contribution in [0.1, 0.15) is 17.0 Å². The van der Waals surface area contributed by atoms with Gasteiger partial charge in [-0.3, -0.25) is 4.99 Å². The molecule has 80 valence electrons. The van der Waals surface area contributed by atoms with Gasteiger partial charge >= 0.3 is 0 Å². The zero-order valence-corrected chi connectivity index (χ0v) is 9.38. The van der Waals surface area contributed by atoms with Gasteiger partial charge in [-0.1, -0.05) is 18.2 Å². The predicted molar refractivity (Wildman–Crippen MR) is 65.2 cm³/mol. The van der Waals surface area contributed by atoms with Crippen LogP contribution in [0.15, 0.2) is 41.7 Å². The van der Waals surface area contributed by atoms with E-state index in [1.54, 1.807) is 24.7 Å². The Morgan fingerprint density at radius 2 is 1.62 bits per heavy atom. The maximum absolute atomic E-state index is 4.43. The third-order valence-electron chi connectivity index (χ3n) is 2.33. The Morgan fingerprint density at radius 1 is 1.00 bits per heavy atom. The summed E-state index contributed by atoms with van der Waals surface area (Å²) < 4.78 is 0. The first-order valence-electron chi connectivity index (χ1n) is 5.14. The van der Waals surface area contributed by atoms with E-state index >= 15 is 0 Å². The molecular weight excluding hydrogens is 198 g/mol. The van der Waals surface area contributed by atoms with Gasteiger partial charge in [0.15, 0.2) is 5.82 Å². The highest BCUT2D eigenvalue weighted by molar-refractivity contribution is 5.78. The van der Waals surface area contributed by atoms with Crippen molar-refractivity contribution in [2.45, 2.75) is 13.8 Å². The van der Waals surface area contributed by atoms with E-state index in [9.17, 15) is 0 Å². The van der Waals surface area contributed by atoms with Crippen molar-refractivity contribution in [1.29, 1.82) is 0 Å². The lowest BCUT2D eigenvalue weighted by atomic mass is 10.1. The van der Waals surface area contributed by atoms with E-state index in [2.05, 4.69) is 15.0 Å². The Labute approximate surface area is 94.9 Å². The number of nitrogens with zero attached hydrogens (tertiary/aromatic N) is 3. The molecule has 0 amide bonds. The standard InChI is InChI=1S/C13H13N3/c1-10-5-3-6-11(2)13(10)16-9-12-14-7-4-8-15-12/h3-9H,1-2H3. The van der Waals surface area contributed by atoms with Gasteiger partial charge in [-0.2, -0.15) is 0 Å². The molecule has 16 heavy (non-hydrogen) atoms. The van der Waals surface area contributed by atoms with E-state index in [0.29, 0.717) is 5.82 Å². The van der Waals surface area contributed by atoms with E-state index in [1.807, 2.05) is 32.0 Å². The molecule has 0 N–H and O–H groups in total. The van der Waals surface area contributed by atoms with Crippen LogP contribution in [0.5, 0.6) is 0 Å². The van der Waals surface area contributed by atoms with Gasteiger partial charge in [-0.05, 0) is 31.0 Å². The van der Waals surface area contributed by atoms with Gasteiger partial charge in [0, 0.05) is 12.4 Å². The molecule has 1 aromatic heterocycles. The van der Waals surface area contributed by atoms with Gasteiger partial charge in [0.1, 0.15) is 0 Å². The van der Waals surface area contributed by atoms with Crippen molar-refractivity contribution in [3.8, 4) is 0 Å². The number of benzene rings is 1. The van der Waals surface area contributed by atoms with Gasteiger partial charge in [0.2, 0.25) is 0 Å². The molecule has 0 spiro atoms. The second-order valence-electron chi connectivity index (χ2n) is 3.61. The molecule has 2 rings (SSSR count). The summed E-state index contributed by atoms with van der Waals surface area (Å²) in [7, 11) is 0. The molecule has 0 radical (unpaired) electrons. The third kappa shape index (κ3) is 2.31. The van der Waals surface area contributed by atoms with Gasteiger partial charge in [0.25, 0.3) is 0 Å². The molecule has 0 aliphatic rings. The van der Waals surface area contributed by atoms with E-state index in [-0.39, 0.29) is 0 Å². The monoisotopic (exact) mass is 211 g/mol. The smallest absolute Gasteiger partial charge is 0.170 e. The second-order valence-corrected chi connectivity index (χ2v) is 3.61. The highest BCUT2D eigenvalue weighted by Crippen LogP contribution is 2.22. The summed E-state index contributed by atoms with van der Waals surface area (Å²) in [6.07, 6.45) is 5.10. The molecule has 0 saturated heterocycles. The van der Waals surface area contributed by atoms with Crippen molar-refractivity contribution in [3.05, 3.63) is 53.6 Å². The number of aromatic nitrogens is 2. The van der Waals surface area contributed by atoms with Crippen LogP contribution in [0, 0.1) is 13.8 Å². The number of hydrogen-bond acceptors (Lipinski definition) is 3. The molecule has 1 aromatic carbocycles. The first-order valence-corrected chi connectivity index (χ1v) is 5.14. The summed E-state index contributed by atoms with van der Waals surface area (Å²) in [6, 6.07) is 7.91. The van der Waals surface area contributed by atoms with Crippen LogP contribution in [0.4, 0.5) is 5.69 Å². The Kier molecular flexibility index (Phi) is 3.05. The van der Waals surface area contributed by atoms with Crippen LogP contribution in [0.3, 0.4) is 0 Å². The van der Waals surface area contributed by atoms with Crippen molar-refractivity contribution in [1.82, 2.24) is 9.97 Å². The van der Waals surface area contributed by atoms with E-state index < -0.39 is 0 Å². The van der Waals surface area contributed by atoms with Gasteiger partial charge < -0.3 is 0 Å². The summed E-state index contributed by atoms with van der Waals surface area (Å²) in [4.78, 5) is 12.6. The summed E-state index contributed by atoms with van der Waals surface area (Å²) in [6.45, 7) is 4.09. The normalized spacial score (nSPS) is 10.9. The molecule has 0 aliphatic heterocycles. The third-order valence-corrected chi connectivity index (χ3v) is 2.33. The quantitative estimate of drug-likeness (QED) is 0.716. The fourth-order valence-corrected chi connectivity index (χ4v) is 1.51. The summed E-state index contributed by atoms with van der Waals surface area (Å²) >= 11 is 0. The molecule has 3 heteroatoms. The van der Waals surface area contributed by atoms with Crippen LogP contribution in [0.2, 0.25) is 0 Å². The number of hydrogen-bond donors (Lipinski definition) is 0. The van der Waals surface area contributed by atoms with Crippen LogP contribution in [-0.4, -0.2) is 16.2 Å². The number of rotatable bonds is 2. The summed E-state index contributed by atoms with van der Waals surface area (Å²) in [5.41, 5.74) is 3.31. The molecule has 0 saturated carbocycles. The first-order chi connectivity index (χ1) is 7.77. The van der Waals surface area contributed by atoms with Crippen LogP contribution in [0.25, 0.3) is 0 Å². The fraction of sp³-hybridized carbons (Fsp3) is 0.154. The van der Waals surface area contributed by atoms with Crippen molar-refractivity contribution < 1.29 is 0 Å². The predicted octanol–water partition coefficient (Wildman–Crippen LogP) is 2.84. The molecule has 0 unspecified atom stereocenters. The average Bonchev–Trinajstić information content (AvgIpc) is 2.30. The van der Waals surface area contributed by atoms with E-state index in [1.165, 1.54) is 0 Å². The largest absolute Gasteiger partial charge is 0.252 e. The lowest BCUT2D eigenvalue weighted by Gasteiger charge is -2.02. The second kappa shape index (κ2) is 4.66. The zero-order chi connectivity index (χ0) is 11.4. The van der Waals surface area contributed by atoms with Crippen molar-refractivity contribution in [2.24, 2.45) is 4.99 Å². The van der Waals surface area contributed by atoms with Crippen LogP contribution >= 0.6 is 0 Å². The average molecular weight is 211 g/mol. The maximum Gasteiger partial charge on any atom is 0.170 e. The molecule has 3 nitrogen and oxygen atoms in total. The van der Waals surface area contributed by atoms with Gasteiger partial charge in [0.05, 0.1) is 11.9 Å².